The second-order valence-electron chi connectivity index (χ2n) is 8.07. The third-order valence-electron chi connectivity index (χ3n) is 5.92. The van der Waals surface area contributed by atoms with Crippen LogP contribution < -0.4 is 10.6 Å². The number of halogens is 3. The van der Waals surface area contributed by atoms with Crippen molar-refractivity contribution in [1.82, 2.24) is 10.6 Å². The van der Waals surface area contributed by atoms with E-state index in [1.165, 1.54) is 17.7 Å². The third kappa shape index (κ3) is 5.46. The Morgan fingerprint density at radius 2 is 1.87 bits per heavy atom. The van der Waals surface area contributed by atoms with Crippen LogP contribution in [0.1, 0.15) is 66.2 Å². The molecule has 2 amide bonds. The van der Waals surface area contributed by atoms with Gasteiger partial charge >= 0.3 is 6.18 Å². The van der Waals surface area contributed by atoms with E-state index in [1.807, 2.05) is 32.0 Å². The number of carbonyl (C=O) groups excluding carboxylic acids is 2. The van der Waals surface area contributed by atoms with Crippen LogP contribution in [-0.4, -0.2) is 17.9 Å². The molecule has 3 atom stereocenters. The number of nitrogens with one attached hydrogen (secondary N) is 2. The zero-order chi connectivity index (χ0) is 22.6. The van der Waals surface area contributed by atoms with Crippen molar-refractivity contribution in [3.05, 3.63) is 70.8 Å². The first-order valence-electron chi connectivity index (χ1n) is 10.6. The summed E-state index contributed by atoms with van der Waals surface area (Å²) in [6.45, 7) is 3.74. The van der Waals surface area contributed by atoms with Gasteiger partial charge < -0.3 is 10.6 Å². The summed E-state index contributed by atoms with van der Waals surface area (Å²) in [5.41, 5.74) is 1.25. The monoisotopic (exact) mass is 432 g/mol. The minimum absolute atomic E-state index is 0.126. The van der Waals surface area contributed by atoms with Gasteiger partial charge in [0.15, 0.2) is 0 Å². The molecule has 4 nitrogen and oxygen atoms in total. The lowest BCUT2D eigenvalue weighted by atomic mass is 9.87. The van der Waals surface area contributed by atoms with E-state index in [0.29, 0.717) is 6.42 Å². The zero-order valence-electron chi connectivity index (χ0n) is 17.6. The maximum absolute atomic E-state index is 13.1. The number of fused-ring (bicyclic) bond motifs is 1. The highest BCUT2D eigenvalue weighted by Gasteiger charge is 2.32. The van der Waals surface area contributed by atoms with Gasteiger partial charge in [-0.15, -0.1) is 0 Å². The second kappa shape index (κ2) is 9.54. The van der Waals surface area contributed by atoms with Crippen LogP contribution in [0.2, 0.25) is 0 Å². The van der Waals surface area contributed by atoms with Crippen LogP contribution in [-0.2, 0) is 17.4 Å². The Morgan fingerprint density at radius 3 is 2.58 bits per heavy atom. The molecule has 2 aromatic rings. The lowest BCUT2D eigenvalue weighted by Crippen LogP contribution is -2.51. The van der Waals surface area contributed by atoms with Crippen molar-refractivity contribution < 1.29 is 22.8 Å². The fourth-order valence-electron chi connectivity index (χ4n) is 3.93. The Morgan fingerprint density at radius 1 is 1.13 bits per heavy atom. The molecular weight excluding hydrogens is 405 g/mol. The van der Waals surface area contributed by atoms with Gasteiger partial charge in [-0.3, -0.25) is 9.59 Å². The van der Waals surface area contributed by atoms with Gasteiger partial charge in [-0.25, -0.2) is 0 Å². The number of aryl methyl sites for hydroxylation is 1. The molecule has 0 heterocycles. The standard InChI is InChI=1S/C24H27F3N2O2/c1-3-15(2)21(29-22(30)17-10-6-11-18(14-17)24(25,26)27)23(31)28-20-13-7-9-16-8-4-5-12-19(16)20/h4-6,8,10-12,14-15,20-21H,3,7,9,13H2,1-2H3,(H,28,31)(H,29,30). The van der Waals surface area contributed by atoms with E-state index >= 15 is 0 Å². The number of hydrogen-bond donors (Lipinski definition) is 2. The van der Waals surface area contributed by atoms with Crippen LogP contribution in [0.25, 0.3) is 0 Å². The summed E-state index contributed by atoms with van der Waals surface area (Å²) in [4.78, 5) is 25.8. The summed E-state index contributed by atoms with van der Waals surface area (Å²) < 4.78 is 39.0. The first-order valence-corrected chi connectivity index (χ1v) is 10.6. The molecule has 3 unspecified atom stereocenters. The van der Waals surface area contributed by atoms with E-state index in [1.54, 1.807) is 0 Å². The Labute approximate surface area is 180 Å². The van der Waals surface area contributed by atoms with Crippen molar-refractivity contribution in [2.45, 2.75) is 57.8 Å². The smallest absolute Gasteiger partial charge is 0.347 e. The molecule has 2 N–H and O–H groups in total. The predicted molar refractivity (Wildman–Crippen MR) is 112 cm³/mol. The Hall–Kier alpha value is -2.83. The Kier molecular flexibility index (Phi) is 7.03. The maximum atomic E-state index is 13.1. The van der Waals surface area contributed by atoms with E-state index in [9.17, 15) is 22.8 Å². The van der Waals surface area contributed by atoms with Gasteiger partial charge in [-0.1, -0.05) is 50.6 Å². The molecule has 0 aliphatic heterocycles. The summed E-state index contributed by atoms with van der Waals surface area (Å²) in [6, 6.07) is 11.2. The predicted octanol–water partition coefficient (Wildman–Crippen LogP) is 5.04. The van der Waals surface area contributed by atoms with E-state index in [-0.39, 0.29) is 23.4 Å². The number of benzene rings is 2. The van der Waals surface area contributed by atoms with Crippen LogP contribution in [0.15, 0.2) is 48.5 Å². The number of hydrogen-bond acceptors (Lipinski definition) is 2. The molecule has 0 radical (unpaired) electrons. The first kappa shape index (κ1) is 22.8. The molecule has 0 saturated heterocycles. The quantitative estimate of drug-likeness (QED) is 0.672. The second-order valence-corrected chi connectivity index (χ2v) is 8.07. The number of amides is 2. The average molecular weight is 432 g/mol. The third-order valence-corrected chi connectivity index (χ3v) is 5.92. The van der Waals surface area contributed by atoms with Crippen LogP contribution in [0, 0.1) is 5.92 Å². The highest BCUT2D eigenvalue weighted by atomic mass is 19.4. The summed E-state index contributed by atoms with van der Waals surface area (Å²) in [5.74, 6) is -1.21. The Bertz CT molecular complexity index is 942. The average Bonchev–Trinajstić information content (AvgIpc) is 2.76. The zero-order valence-corrected chi connectivity index (χ0v) is 17.6. The van der Waals surface area contributed by atoms with Crippen molar-refractivity contribution in [2.24, 2.45) is 5.92 Å². The van der Waals surface area contributed by atoms with Crippen molar-refractivity contribution in [3.63, 3.8) is 0 Å². The molecule has 0 spiro atoms. The molecule has 1 aliphatic rings. The molecule has 0 fully saturated rings. The molecular formula is C24H27F3N2O2. The normalized spacial score (nSPS) is 17.9. The molecule has 0 bridgehead atoms. The maximum Gasteiger partial charge on any atom is 0.416 e. The Balaban J connectivity index is 1.77. The van der Waals surface area contributed by atoms with Gasteiger partial charge in [0.2, 0.25) is 5.91 Å². The van der Waals surface area contributed by atoms with Gasteiger partial charge in [0.05, 0.1) is 11.6 Å². The summed E-state index contributed by atoms with van der Waals surface area (Å²) >= 11 is 0. The SMILES string of the molecule is CCC(C)C(NC(=O)c1cccc(C(F)(F)F)c1)C(=O)NC1CCCc2ccccc21. The van der Waals surface area contributed by atoms with E-state index < -0.39 is 23.7 Å². The van der Waals surface area contributed by atoms with Gasteiger partial charge in [-0.2, -0.15) is 13.2 Å². The van der Waals surface area contributed by atoms with Gasteiger partial charge in [0, 0.05) is 5.56 Å². The van der Waals surface area contributed by atoms with Crippen molar-refractivity contribution in [2.75, 3.05) is 0 Å². The molecule has 3 rings (SSSR count). The van der Waals surface area contributed by atoms with Gasteiger partial charge in [0.1, 0.15) is 6.04 Å². The number of carbonyl (C=O) groups is 2. The van der Waals surface area contributed by atoms with Crippen molar-refractivity contribution in [3.8, 4) is 0 Å². The topological polar surface area (TPSA) is 58.2 Å². The molecule has 7 heteroatoms. The molecule has 0 saturated carbocycles. The number of alkyl halides is 3. The summed E-state index contributed by atoms with van der Waals surface area (Å²) in [6.07, 6.45) is -1.20. The van der Waals surface area contributed by atoms with Crippen molar-refractivity contribution >= 4 is 11.8 Å². The van der Waals surface area contributed by atoms with E-state index in [2.05, 4.69) is 16.7 Å². The van der Waals surface area contributed by atoms with E-state index in [4.69, 9.17) is 0 Å². The molecule has 31 heavy (non-hydrogen) atoms. The molecule has 0 aromatic heterocycles. The van der Waals surface area contributed by atoms with Crippen LogP contribution in [0.4, 0.5) is 13.2 Å². The van der Waals surface area contributed by atoms with Crippen LogP contribution in [0.5, 0.6) is 0 Å². The molecule has 1 aliphatic carbocycles. The van der Waals surface area contributed by atoms with Crippen LogP contribution in [0.3, 0.4) is 0 Å². The number of rotatable bonds is 6. The summed E-state index contributed by atoms with van der Waals surface area (Å²) in [7, 11) is 0. The fraction of sp³-hybridized carbons (Fsp3) is 0.417. The lowest BCUT2D eigenvalue weighted by Gasteiger charge is -2.30. The van der Waals surface area contributed by atoms with Gasteiger partial charge in [-0.05, 0) is 54.5 Å². The minimum atomic E-state index is -4.54. The first-order chi connectivity index (χ1) is 14.7. The largest absolute Gasteiger partial charge is 0.416 e. The highest BCUT2D eigenvalue weighted by molar-refractivity contribution is 5.97. The highest BCUT2D eigenvalue weighted by Crippen LogP contribution is 2.31. The minimum Gasteiger partial charge on any atom is -0.347 e. The van der Waals surface area contributed by atoms with E-state index in [0.717, 1.165) is 37.0 Å². The fourth-order valence-corrected chi connectivity index (χ4v) is 3.93. The van der Waals surface area contributed by atoms with Gasteiger partial charge in [0.25, 0.3) is 5.91 Å². The lowest BCUT2D eigenvalue weighted by molar-refractivity contribution is -0.137. The molecule has 166 valence electrons. The summed E-state index contributed by atoms with van der Waals surface area (Å²) in [5, 5.41) is 5.71. The molecule has 2 aromatic carbocycles. The van der Waals surface area contributed by atoms with Crippen molar-refractivity contribution in [1.29, 1.82) is 0 Å². The van der Waals surface area contributed by atoms with Crippen LogP contribution >= 0.6 is 0 Å².